The number of benzene rings is 1. The molecule has 0 amide bonds. The quantitative estimate of drug-likeness (QED) is 0.775. The van der Waals surface area contributed by atoms with Crippen molar-refractivity contribution in [2.75, 3.05) is 5.75 Å². The van der Waals surface area contributed by atoms with E-state index in [9.17, 15) is 4.79 Å². The van der Waals surface area contributed by atoms with Crippen molar-refractivity contribution >= 4 is 17.7 Å². The summed E-state index contributed by atoms with van der Waals surface area (Å²) in [6.45, 7) is 0. The topological polar surface area (TPSA) is 61.1 Å². The average molecular weight is 221 g/mol. The molecule has 0 radical (unpaired) electrons. The molecule has 0 heterocycles. The molecule has 0 fully saturated rings. The van der Waals surface area contributed by atoms with Gasteiger partial charge in [0, 0.05) is 11.5 Å². The fourth-order valence-corrected chi connectivity index (χ4v) is 1.92. The van der Waals surface area contributed by atoms with E-state index in [1.165, 1.54) is 0 Å². The lowest BCUT2D eigenvalue weighted by Gasteiger charge is -2.00. The third-order valence-corrected chi connectivity index (χ3v) is 2.84. The molecule has 0 spiro atoms. The summed E-state index contributed by atoms with van der Waals surface area (Å²) < 4.78 is 0. The van der Waals surface area contributed by atoms with Gasteiger partial charge in [-0.05, 0) is 17.7 Å². The smallest absolute Gasteiger partial charge is 0.304 e. The molecule has 1 aromatic carbocycles. The Balaban J connectivity index is 2.32. The number of rotatable bonds is 5. The minimum atomic E-state index is -0.762. The van der Waals surface area contributed by atoms with Gasteiger partial charge >= 0.3 is 5.97 Å². The Morgan fingerprint density at radius 3 is 2.60 bits per heavy atom. The lowest BCUT2D eigenvalue weighted by molar-refractivity contribution is -0.136. The highest BCUT2D eigenvalue weighted by Crippen LogP contribution is 2.13. The van der Waals surface area contributed by atoms with Crippen LogP contribution in [0.3, 0.4) is 0 Å². The molecule has 3 nitrogen and oxygen atoms in total. The van der Waals surface area contributed by atoms with Crippen LogP contribution in [-0.2, 0) is 10.5 Å². The molecular weight excluding hydrogens is 210 g/mol. The monoisotopic (exact) mass is 221 g/mol. The van der Waals surface area contributed by atoms with E-state index in [1.807, 2.05) is 12.1 Å². The molecule has 0 aliphatic rings. The number of nitrogens with zero attached hydrogens (tertiary/aromatic N) is 1. The van der Waals surface area contributed by atoms with E-state index in [4.69, 9.17) is 10.4 Å². The molecular formula is C11H11NO2S. The van der Waals surface area contributed by atoms with Gasteiger partial charge in [0.05, 0.1) is 18.1 Å². The van der Waals surface area contributed by atoms with Crippen molar-refractivity contribution in [1.29, 1.82) is 5.26 Å². The standard InChI is InChI=1S/C11H11NO2S/c12-7-9-1-3-10(4-2-9)8-15-6-5-11(13)14/h1-4H,5-6,8H2,(H,13,14). The summed E-state index contributed by atoms with van der Waals surface area (Å²) >= 11 is 1.58. The zero-order chi connectivity index (χ0) is 11.1. The summed E-state index contributed by atoms with van der Waals surface area (Å²) in [5.41, 5.74) is 1.76. The highest BCUT2D eigenvalue weighted by Gasteiger charge is 1.98. The van der Waals surface area contributed by atoms with Gasteiger partial charge in [-0.15, -0.1) is 0 Å². The Bertz CT molecular complexity index is 367. The van der Waals surface area contributed by atoms with E-state index in [0.717, 1.165) is 11.3 Å². The fraction of sp³-hybridized carbons (Fsp3) is 0.273. The fourth-order valence-electron chi connectivity index (χ4n) is 1.03. The Labute approximate surface area is 92.7 Å². The van der Waals surface area contributed by atoms with E-state index in [-0.39, 0.29) is 6.42 Å². The number of carboxylic acids is 1. The highest BCUT2D eigenvalue weighted by atomic mass is 32.2. The van der Waals surface area contributed by atoms with Gasteiger partial charge in [0.15, 0.2) is 0 Å². The molecule has 1 rings (SSSR count). The Morgan fingerprint density at radius 2 is 2.07 bits per heavy atom. The zero-order valence-electron chi connectivity index (χ0n) is 8.14. The molecule has 0 unspecified atom stereocenters. The molecule has 78 valence electrons. The molecule has 0 bridgehead atoms. The molecule has 0 atom stereocenters. The summed E-state index contributed by atoms with van der Waals surface area (Å²) in [5.74, 6) is 0.649. The average Bonchev–Trinajstić information content (AvgIpc) is 2.25. The van der Waals surface area contributed by atoms with Gasteiger partial charge in [-0.2, -0.15) is 17.0 Å². The van der Waals surface area contributed by atoms with Gasteiger partial charge in [-0.1, -0.05) is 12.1 Å². The molecule has 0 aromatic heterocycles. The van der Waals surface area contributed by atoms with Crippen molar-refractivity contribution in [2.45, 2.75) is 12.2 Å². The minimum Gasteiger partial charge on any atom is -0.481 e. The van der Waals surface area contributed by atoms with Crippen LogP contribution in [0.15, 0.2) is 24.3 Å². The molecule has 0 saturated heterocycles. The van der Waals surface area contributed by atoms with Crippen molar-refractivity contribution in [1.82, 2.24) is 0 Å². The summed E-state index contributed by atoms with van der Waals surface area (Å²) in [6, 6.07) is 9.38. The second kappa shape index (κ2) is 6.10. The Kier molecular flexibility index (Phi) is 4.72. The first-order chi connectivity index (χ1) is 7.22. The van der Waals surface area contributed by atoms with Crippen molar-refractivity contribution in [3.05, 3.63) is 35.4 Å². The molecule has 4 heteroatoms. The first-order valence-corrected chi connectivity index (χ1v) is 5.66. The van der Waals surface area contributed by atoms with Gasteiger partial charge in [0.25, 0.3) is 0 Å². The summed E-state index contributed by atoms with van der Waals surface area (Å²) in [4.78, 5) is 10.2. The van der Waals surface area contributed by atoms with Crippen LogP contribution in [0.5, 0.6) is 0 Å². The number of carbonyl (C=O) groups is 1. The molecule has 15 heavy (non-hydrogen) atoms. The van der Waals surface area contributed by atoms with E-state index in [0.29, 0.717) is 11.3 Å². The lowest BCUT2D eigenvalue weighted by Crippen LogP contribution is -1.96. The maximum atomic E-state index is 10.2. The number of carboxylic acid groups (broad SMARTS) is 1. The molecule has 1 aromatic rings. The largest absolute Gasteiger partial charge is 0.481 e. The number of aliphatic carboxylic acids is 1. The zero-order valence-corrected chi connectivity index (χ0v) is 8.96. The highest BCUT2D eigenvalue weighted by molar-refractivity contribution is 7.98. The minimum absolute atomic E-state index is 0.195. The first kappa shape index (κ1) is 11.6. The van der Waals surface area contributed by atoms with E-state index in [2.05, 4.69) is 6.07 Å². The molecule has 1 N–H and O–H groups in total. The first-order valence-electron chi connectivity index (χ1n) is 4.51. The Morgan fingerprint density at radius 1 is 1.40 bits per heavy atom. The van der Waals surface area contributed by atoms with Crippen LogP contribution in [0.1, 0.15) is 17.5 Å². The van der Waals surface area contributed by atoms with Crippen molar-refractivity contribution in [3.63, 3.8) is 0 Å². The van der Waals surface area contributed by atoms with Gasteiger partial charge < -0.3 is 5.11 Å². The number of hydrogen-bond donors (Lipinski definition) is 1. The second-order valence-electron chi connectivity index (χ2n) is 3.01. The number of hydrogen-bond acceptors (Lipinski definition) is 3. The summed E-state index contributed by atoms with van der Waals surface area (Å²) in [7, 11) is 0. The van der Waals surface area contributed by atoms with Crippen molar-refractivity contribution in [3.8, 4) is 6.07 Å². The van der Waals surface area contributed by atoms with Gasteiger partial charge in [-0.25, -0.2) is 0 Å². The van der Waals surface area contributed by atoms with E-state index in [1.54, 1.807) is 23.9 Å². The number of nitriles is 1. The maximum Gasteiger partial charge on any atom is 0.304 e. The van der Waals surface area contributed by atoms with Crippen LogP contribution in [0.4, 0.5) is 0 Å². The van der Waals surface area contributed by atoms with Gasteiger partial charge in [0.1, 0.15) is 0 Å². The SMILES string of the molecule is N#Cc1ccc(CSCCC(=O)O)cc1. The predicted molar refractivity (Wildman–Crippen MR) is 59.6 cm³/mol. The van der Waals surface area contributed by atoms with Crippen molar-refractivity contribution in [2.24, 2.45) is 0 Å². The molecule has 0 aliphatic carbocycles. The van der Waals surface area contributed by atoms with Gasteiger partial charge in [0.2, 0.25) is 0 Å². The lowest BCUT2D eigenvalue weighted by atomic mass is 10.2. The molecule has 0 saturated carbocycles. The van der Waals surface area contributed by atoms with E-state index >= 15 is 0 Å². The molecule has 0 aliphatic heterocycles. The van der Waals surface area contributed by atoms with Crippen LogP contribution in [-0.4, -0.2) is 16.8 Å². The third kappa shape index (κ3) is 4.52. The second-order valence-corrected chi connectivity index (χ2v) is 4.11. The predicted octanol–water partition coefficient (Wildman–Crippen LogP) is 2.27. The number of thioether (sulfide) groups is 1. The van der Waals surface area contributed by atoms with Crippen LogP contribution in [0.25, 0.3) is 0 Å². The van der Waals surface area contributed by atoms with Crippen LogP contribution in [0.2, 0.25) is 0 Å². The normalized spacial score (nSPS) is 9.53. The van der Waals surface area contributed by atoms with Crippen LogP contribution in [0, 0.1) is 11.3 Å². The summed E-state index contributed by atoms with van der Waals surface area (Å²) in [6.07, 6.45) is 0.195. The van der Waals surface area contributed by atoms with Gasteiger partial charge in [-0.3, -0.25) is 4.79 Å². The van der Waals surface area contributed by atoms with E-state index < -0.39 is 5.97 Å². The Hall–Kier alpha value is -1.47. The maximum absolute atomic E-state index is 10.2. The summed E-state index contributed by atoms with van der Waals surface area (Å²) in [5, 5.41) is 17.0. The van der Waals surface area contributed by atoms with Crippen molar-refractivity contribution < 1.29 is 9.90 Å². The van der Waals surface area contributed by atoms with Crippen LogP contribution < -0.4 is 0 Å². The third-order valence-electron chi connectivity index (χ3n) is 1.81. The van der Waals surface area contributed by atoms with Crippen LogP contribution >= 0.6 is 11.8 Å².